The van der Waals surface area contributed by atoms with Crippen molar-refractivity contribution in [2.75, 3.05) is 0 Å². The molecule has 1 heterocycles. The van der Waals surface area contributed by atoms with Gasteiger partial charge >= 0.3 is 0 Å². The molecule has 0 aliphatic carbocycles. The maximum absolute atomic E-state index is 13.7. The maximum Gasteiger partial charge on any atom is 0.222 e. The fraction of sp³-hybridized carbons (Fsp3) is 0.214. The van der Waals surface area contributed by atoms with E-state index in [2.05, 4.69) is 4.98 Å². The molecule has 0 bridgehead atoms. The Morgan fingerprint density at radius 3 is 2.33 bits per heavy atom. The molecule has 1 aromatic heterocycles. The van der Waals surface area contributed by atoms with Gasteiger partial charge in [-0.25, -0.2) is 0 Å². The predicted octanol–water partition coefficient (Wildman–Crippen LogP) is 3.24. The zero-order valence-electron chi connectivity index (χ0n) is 10.2. The molecule has 4 heteroatoms. The van der Waals surface area contributed by atoms with Crippen LogP contribution in [0, 0.1) is 5.95 Å². The van der Waals surface area contributed by atoms with Crippen LogP contribution in [0.15, 0.2) is 42.5 Å². The van der Waals surface area contributed by atoms with E-state index in [1.807, 2.05) is 18.2 Å². The number of para-hydroxylation sites is 1. The minimum atomic E-state index is -1.26. The lowest BCUT2D eigenvalue weighted by Gasteiger charge is -2.18. The van der Waals surface area contributed by atoms with Gasteiger partial charge in [0.05, 0.1) is 5.60 Å². The van der Waals surface area contributed by atoms with Gasteiger partial charge in [0, 0.05) is 11.6 Å². The Balaban J connectivity index is 2.25. The summed E-state index contributed by atoms with van der Waals surface area (Å²) in [5.41, 5.74) is -1.12. The molecule has 0 amide bonds. The van der Waals surface area contributed by atoms with E-state index >= 15 is 0 Å². The summed E-state index contributed by atoms with van der Waals surface area (Å²) in [6.07, 6.45) is 0. The van der Waals surface area contributed by atoms with Gasteiger partial charge in [-0.15, -0.1) is 0 Å². The van der Waals surface area contributed by atoms with E-state index in [0.717, 1.165) is 0 Å². The number of ether oxygens (including phenoxy) is 1. The van der Waals surface area contributed by atoms with E-state index in [0.29, 0.717) is 5.75 Å². The lowest BCUT2D eigenvalue weighted by atomic mass is 10.0. The Hall–Kier alpha value is -1.94. The number of rotatable bonds is 3. The third-order valence-corrected chi connectivity index (χ3v) is 2.45. The molecule has 0 fully saturated rings. The van der Waals surface area contributed by atoms with E-state index in [9.17, 15) is 9.50 Å². The average molecular weight is 247 g/mol. The second-order valence-corrected chi connectivity index (χ2v) is 4.46. The van der Waals surface area contributed by atoms with Crippen LogP contribution in [0.1, 0.15) is 19.4 Å². The molecule has 1 N–H and O–H groups in total. The Bertz CT molecular complexity index is 535. The van der Waals surface area contributed by atoms with Crippen LogP contribution in [0.5, 0.6) is 11.6 Å². The van der Waals surface area contributed by atoms with Gasteiger partial charge in [-0.05, 0) is 32.0 Å². The molecule has 0 spiro atoms. The first kappa shape index (κ1) is 12.5. The third-order valence-electron chi connectivity index (χ3n) is 2.45. The highest BCUT2D eigenvalue weighted by molar-refractivity contribution is 5.29. The van der Waals surface area contributed by atoms with Crippen molar-refractivity contribution in [2.24, 2.45) is 0 Å². The minimum absolute atomic E-state index is 0.142. The van der Waals surface area contributed by atoms with Crippen molar-refractivity contribution in [3.8, 4) is 11.6 Å². The van der Waals surface area contributed by atoms with E-state index < -0.39 is 11.5 Å². The fourth-order valence-corrected chi connectivity index (χ4v) is 1.54. The molecule has 1 aromatic carbocycles. The number of benzene rings is 1. The van der Waals surface area contributed by atoms with Gasteiger partial charge in [0.25, 0.3) is 0 Å². The molecule has 0 saturated heterocycles. The molecule has 2 aromatic rings. The van der Waals surface area contributed by atoms with Crippen molar-refractivity contribution in [2.45, 2.75) is 19.4 Å². The zero-order valence-corrected chi connectivity index (χ0v) is 10.2. The topological polar surface area (TPSA) is 42.4 Å². The summed E-state index contributed by atoms with van der Waals surface area (Å²) in [4.78, 5) is 3.69. The largest absolute Gasteiger partial charge is 0.439 e. The Kier molecular flexibility index (Phi) is 3.30. The number of nitrogens with zero attached hydrogens (tertiary/aromatic N) is 1. The summed E-state index contributed by atoms with van der Waals surface area (Å²) in [7, 11) is 0. The summed E-state index contributed by atoms with van der Waals surface area (Å²) in [6, 6.07) is 12.0. The van der Waals surface area contributed by atoms with E-state index in [4.69, 9.17) is 4.74 Å². The first-order chi connectivity index (χ1) is 8.47. The van der Waals surface area contributed by atoms with Crippen molar-refractivity contribution >= 4 is 0 Å². The van der Waals surface area contributed by atoms with Crippen LogP contribution in [-0.2, 0) is 5.60 Å². The minimum Gasteiger partial charge on any atom is -0.439 e. The normalized spacial score (nSPS) is 11.3. The summed E-state index contributed by atoms with van der Waals surface area (Å²) in [5, 5.41) is 9.73. The summed E-state index contributed by atoms with van der Waals surface area (Å²) in [6.45, 7) is 3.01. The van der Waals surface area contributed by atoms with Crippen LogP contribution in [-0.4, -0.2) is 10.1 Å². The average Bonchev–Trinajstić information content (AvgIpc) is 2.28. The molecule has 3 nitrogen and oxygen atoms in total. The highest BCUT2D eigenvalue weighted by Gasteiger charge is 2.21. The van der Waals surface area contributed by atoms with E-state index in [1.165, 1.54) is 26.0 Å². The van der Waals surface area contributed by atoms with Crippen molar-refractivity contribution < 1.29 is 14.2 Å². The summed E-state index contributed by atoms with van der Waals surface area (Å²) < 4.78 is 19.1. The van der Waals surface area contributed by atoms with E-state index in [1.54, 1.807) is 12.1 Å². The van der Waals surface area contributed by atoms with Crippen molar-refractivity contribution in [3.05, 3.63) is 54.0 Å². The monoisotopic (exact) mass is 247 g/mol. The second-order valence-electron chi connectivity index (χ2n) is 4.46. The molecular formula is C14H14FNO2. The van der Waals surface area contributed by atoms with Gasteiger partial charge < -0.3 is 9.84 Å². The molecule has 0 unspecified atom stereocenters. The van der Waals surface area contributed by atoms with Crippen LogP contribution in [0.2, 0.25) is 0 Å². The van der Waals surface area contributed by atoms with Gasteiger partial charge in [0.15, 0.2) is 0 Å². The standard InChI is InChI=1S/C14H14FNO2/c1-14(2,17)11-8-9-12(16-13(11)15)18-10-6-4-3-5-7-10/h3-9,17H,1-2H3. The molecule has 0 atom stereocenters. The number of pyridine rings is 1. The Morgan fingerprint density at radius 1 is 1.11 bits per heavy atom. The van der Waals surface area contributed by atoms with Gasteiger partial charge in [-0.1, -0.05) is 18.2 Å². The van der Waals surface area contributed by atoms with Crippen LogP contribution >= 0.6 is 0 Å². The maximum atomic E-state index is 13.7. The fourth-order valence-electron chi connectivity index (χ4n) is 1.54. The van der Waals surface area contributed by atoms with Crippen LogP contribution in [0.25, 0.3) is 0 Å². The Labute approximate surface area is 105 Å². The third kappa shape index (κ3) is 2.84. The van der Waals surface area contributed by atoms with Gasteiger partial charge in [-0.3, -0.25) is 0 Å². The molecule has 0 aliphatic heterocycles. The number of halogens is 1. The SMILES string of the molecule is CC(C)(O)c1ccc(Oc2ccccc2)nc1F. The highest BCUT2D eigenvalue weighted by atomic mass is 19.1. The van der Waals surface area contributed by atoms with Crippen LogP contribution in [0.4, 0.5) is 4.39 Å². The van der Waals surface area contributed by atoms with Gasteiger partial charge in [-0.2, -0.15) is 9.37 Å². The van der Waals surface area contributed by atoms with Crippen molar-refractivity contribution in [1.29, 1.82) is 0 Å². The molecule has 2 rings (SSSR count). The molecule has 0 radical (unpaired) electrons. The second kappa shape index (κ2) is 4.74. The predicted molar refractivity (Wildman–Crippen MR) is 66.0 cm³/mol. The van der Waals surface area contributed by atoms with Crippen LogP contribution < -0.4 is 4.74 Å². The molecular weight excluding hydrogens is 233 g/mol. The lowest BCUT2D eigenvalue weighted by Crippen LogP contribution is -2.18. The smallest absolute Gasteiger partial charge is 0.222 e. The number of hydrogen-bond acceptors (Lipinski definition) is 3. The zero-order chi connectivity index (χ0) is 13.2. The van der Waals surface area contributed by atoms with Crippen molar-refractivity contribution in [1.82, 2.24) is 4.98 Å². The first-order valence-electron chi connectivity index (χ1n) is 5.59. The first-order valence-corrected chi connectivity index (χ1v) is 5.59. The summed E-state index contributed by atoms with van der Waals surface area (Å²) >= 11 is 0. The van der Waals surface area contributed by atoms with Gasteiger partial charge in [0.2, 0.25) is 11.8 Å². The van der Waals surface area contributed by atoms with Crippen LogP contribution in [0.3, 0.4) is 0 Å². The Morgan fingerprint density at radius 2 is 1.78 bits per heavy atom. The lowest BCUT2D eigenvalue weighted by molar-refractivity contribution is 0.0735. The molecule has 0 saturated carbocycles. The number of hydrogen-bond donors (Lipinski definition) is 1. The highest BCUT2D eigenvalue weighted by Crippen LogP contribution is 2.25. The molecule has 94 valence electrons. The number of aromatic nitrogens is 1. The molecule has 0 aliphatic rings. The summed E-state index contributed by atoms with van der Waals surface area (Å²) in [5.74, 6) is 0.0167. The quantitative estimate of drug-likeness (QED) is 0.847. The van der Waals surface area contributed by atoms with Gasteiger partial charge in [0.1, 0.15) is 5.75 Å². The number of aliphatic hydroxyl groups is 1. The van der Waals surface area contributed by atoms with Crippen molar-refractivity contribution in [3.63, 3.8) is 0 Å². The van der Waals surface area contributed by atoms with E-state index in [-0.39, 0.29) is 11.4 Å². The molecule has 18 heavy (non-hydrogen) atoms.